The predicted octanol–water partition coefficient (Wildman–Crippen LogP) is 2.75. The Hall–Kier alpha value is -1.84. The van der Waals surface area contributed by atoms with Crippen LogP contribution >= 0.6 is 0 Å². The molecule has 3 nitrogen and oxygen atoms in total. The lowest BCUT2D eigenvalue weighted by molar-refractivity contribution is -0.0780. The highest BCUT2D eigenvalue weighted by atomic mass is 16.5. The van der Waals surface area contributed by atoms with Crippen molar-refractivity contribution in [1.29, 1.82) is 0 Å². The second-order valence-electron chi connectivity index (χ2n) is 5.01. The van der Waals surface area contributed by atoms with E-state index in [-0.39, 0.29) is 5.92 Å². The largest absolute Gasteiger partial charge is 0.489 e. The lowest BCUT2D eigenvalue weighted by atomic mass is 10.00. The van der Waals surface area contributed by atoms with E-state index in [2.05, 4.69) is 0 Å². The molecule has 0 aliphatic rings. The molecule has 0 radical (unpaired) electrons. The van der Waals surface area contributed by atoms with Crippen LogP contribution in [0.3, 0.4) is 0 Å². The van der Waals surface area contributed by atoms with Crippen molar-refractivity contribution in [2.75, 3.05) is 0 Å². The predicted molar refractivity (Wildman–Crippen MR) is 78.3 cm³/mol. The first-order valence-electron chi connectivity index (χ1n) is 6.77. The normalized spacial score (nSPS) is 12.4. The van der Waals surface area contributed by atoms with E-state index in [1.807, 2.05) is 61.5 Å². The third-order valence-electron chi connectivity index (χ3n) is 3.24. The minimum atomic E-state index is -1.27. The minimum Gasteiger partial charge on any atom is -0.489 e. The molecule has 2 rings (SSSR count). The van der Waals surface area contributed by atoms with Crippen LogP contribution in [0.4, 0.5) is 0 Å². The van der Waals surface area contributed by atoms with Crippen LogP contribution in [0.1, 0.15) is 18.1 Å². The second-order valence-corrected chi connectivity index (χ2v) is 5.01. The van der Waals surface area contributed by atoms with E-state index in [1.165, 1.54) is 0 Å². The average Bonchev–Trinajstić information content (AvgIpc) is 2.47. The number of para-hydroxylation sites is 1. The molecule has 0 heterocycles. The molecule has 3 heteroatoms. The van der Waals surface area contributed by atoms with Gasteiger partial charge in [0, 0.05) is 5.92 Å². The monoisotopic (exact) mass is 272 g/mol. The third-order valence-corrected chi connectivity index (χ3v) is 3.24. The van der Waals surface area contributed by atoms with Crippen molar-refractivity contribution in [2.45, 2.75) is 26.2 Å². The van der Waals surface area contributed by atoms with E-state index >= 15 is 0 Å². The van der Waals surface area contributed by atoms with Crippen LogP contribution in [0.2, 0.25) is 0 Å². The molecule has 0 amide bonds. The van der Waals surface area contributed by atoms with Crippen LogP contribution in [-0.2, 0) is 13.0 Å². The van der Waals surface area contributed by atoms with Gasteiger partial charge in [-0.3, -0.25) is 0 Å². The van der Waals surface area contributed by atoms with E-state index in [0.29, 0.717) is 13.0 Å². The lowest BCUT2D eigenvalue weighted by Crippen LogP contribution is -2.18. The Morgan fingerprint density at radius 2 is 1.50 bits per heavy atom. The molecule has 1 atom stereocenters. The Bertz CT molecular complexity index is 506. The van der Waals surface area contributed by atoms with Crippen molar-refractivity contribution in [3.05, 3.63) is 65.7 Å². The third kappa shape index (κ3) is 4.37. The molecule has 0 aliphatic carbocycles. The first kappa shape index (κ1) is 14.6. The van der Waals surface area contributed by atoms with Crippen molar-refractivity contribution in [3.8, 4) is 5.75 Å². The molecule has 0 spiro atoms. The Balaban J connectivity index is 1.88. The fourth-order valence-electron chi connectivity index (χ4n) is 1.93. The highest BCUT2D eigenvalue weighted by molar-refractivity contribution is 5.25. The summed E-state index contributed by atoms with van der Waals surface area (Å²) >= 11 is 0. The van der Waals surface area contributed by atoms with E-state index in [4.69, 9.17) is 14.9 Å². The van der Waals surface area contributed by atoms with Gasteiger partial charge in [0.15, 0.2) is 6.29 Å². The summed E-state index contributed by atoms with van der Waals surface area (Å²) in [5.41, 5.74) is 2.18. The number of benzene rings is 2. The van der Waals surface area contributed by atoms with Crippen molar-refractivity contribution in [3.63, 3.8) is 0 Å². The summed E-state index contributed by atoms with van der Waals surface area (Å²) in [7, 11) is 0. The molecule has 0 saturated heterocycles. The van der Waals surface area contributed by atoms with Crippen LogP contribution < -0.4 is 4.74 Å². The first-order valence-corrected chi connectivity index (χ1v) is 6.77. The Kier molecular flexibility index (Phi) is 5.16. The summed E-state index contributed by atoms with van der Waals surface area (Å²) < 4.78 is 5.67. The fraction of sp³-hybridized carbons (Fsp3) is 0.294. The molecule has 2 N–H and O–H groups in total. The molecule has 20 heavy (non-hydrogen) atoms. The molecule has 1 unspecified atom stereocenters. The van der Waals surface area contributed by atoms with Gasteiger partial charge in [-0.1, -0.05) is 49.4 Å². The highest BCUT2D eigenvalue weighted by Gasteiger charge is 2.10. The molecule has 2 aromatic rings. The Labute approximate surface area is 119 Å². The molecule has 0 saturated carbocycles. The topological polar surface area (TPSA) is 49.7 Å². The summed E-state index contributed by atoms with van der Waals surface area (Å²) in [6, 6.07) is 17.7. The lowest BCUT2D eigenvalue weighted by Gasteiger charge is -2.13. The number of aliphatic hydroxyl groups is 2. The SMILES string of the molecule is CC(Cc1ccc(COc2ccccc2)cc1)C(O)O. The van der Waals surface area contributed by atoms with Crippen LogP contribution in [0, 0.1) is 5.92 Å². The van der Waals surface area contributed by atoms with Gasteiger partial charge >= 0.3 is 0 Å². The number of ether oxygens (including phenoxy) is 1. The highest BCUT2D eigenvalue weighted by Crippen LogP contribution is 2.14. The van der Waals surface area contributed by atoms with Gasteiger partial charge in [-0.2, -0.15) is 0 Å². The number of rotatable bonds is 6. The number of hydrogen-bond acceptors (Lipinski definition) is 3. The molecule has 106 valence electrons. The van der Waals surface area contributed by atoms with E-state index < -0.39 is 6.29 Å². The van der Waals surface area contributed by atoms with E-state index in [9.17, 15) is 0 Å². The molecular formula is C17H20O3. The zero-order chi connectivity index (χ0) is 14.4. The Morgan fingerprint density at radius 3 is 2.10 bits per heavy atom. The van der Waals surface area contributed by atoms with Crippen LogP contribution in [0.15, 0.2) is 54.6 Å². The van der Waals surface area contributed by atoms with Gasteiger partial charge in [-0.25, -0.2) is 0 Å². The van der Waals surface area contributed by atoms with E-state index in [0.717, 1.165) is 16.9 Å². The van der Waals surface area contributed by atoms with Crippen molar-refractivity contribution in [2.24, 2.45) is 5.92 Å². The van der Waals surface area contributed by atoms with E-state index in [1.54, 1.807) is 0 Å². The van der Waals surface area contributed by atoms with Crippen LogP contribution in [-0.4, -0.2) is 16.5 Å². The van der Waals surface area contributed by atoms with Crippen LogP contribution in [0.5, 0.6) is 5.75 Å². The summed E-state index contributed by atoms with van der Waals surface area (Å²) in [6.07, 6.45) is -0.617. The number of hydrogen-bond donors (Lipinski definition) is 2. The fourth-order valence-corrected chi connectivity index (χ4v) is 1.93. The van der Waals surface area contributed by atoms with Gasteiger partial charge in [0.1, 0.15) is 12.4 Å². The maximum absolute atomic E-state index is 9.08. The zero-order valence-electron chi connectivity index (χ0n) is 11.6. The summed E-state index contributed by atoms with van der Waals surface area (Å²) in [6.45, 7) is 2.35. The van der Waals surface area contributed by atoms with Gasteiger partial charge < -0.3 is 14.9 Å². The van der Waals surface area contributed by atoms with Crippen molar-refractivity contribution >= 4 is 0 Å². The second kappa shape index (κ2) is 7.08. The van der Waals surface area contributed by atoms with Gasteiger partial charge in [0.05, 0.1) is 0 Å². The molecule has 0 aromatic heterocycles. The minimum absolute atomic E-state index is 0.165. The molecule has 0 fully saturated rings. The summed E-state index contributed by atoms with van der Waals surface area (Å²) in [5.74, 6) is 0.690. The zero-order valence-corrected chi connectivity index (χ0v) is 11.6. The number of aliphatic hydroxyl groups excluding tert-OH is 1. The summed E-state index contributed by atoms with van der Waals surface area (Å²) in [5, 5.41) is 18.2. The van der Waals surface area contributed by atoms with Gasteiger partial charge in [-0.15, -0.1) is 0 Å². The van der Waals surface area contributed by atoms with Crippen molar-refractivity contribution in [1.82, 2.24) is 0 Å². The standard InChI is InChI=1S/C17H20O3/c1-13(17(18)19)11-14-7-9-15(10-8-14)12-20-16-5-3-2-4-6-16/h2-10,13,17-19H,11-12H2,1H3. The molecular weight excluding hydrogens is 252 g/mol. The summed E-state index contributed by atoms with van der Waals surface area (Å²) in [4.78, 5) is 0. The Morgan fingerprint density at radius 1 is 0.900 bits per heavy atom. The molecule has 0 aliphatic heterocycles. The maximum Gasteiger partial charge on any atom is 0.154 e. The first-order chi connectivity index (χ1) is 9.65. The maximum atomic E-state index is 9.08. The van der Waals surface area contributed by atoms with Gasteiger partial charge in [-0.05, 0) is 29.7 Å². The molecule has 2 aromatic carbocycles. The quantitative estimate of drug-likeness (QED) is 0.795. The molecule has 0 bridgehead atoms. The van der Waals surface area contributed by atoms with Gasteiger partial charge in [0.2, 0.25) is 0 Å². The van der Waals surface area contributed by atoms with Gasteiger partial charge in [0.25, 0.3) is 0 Å². The van der Waals surface area contributed by atoms with Crippen LogP contribution in [0.25, 0.3) is 0 Å². The average molecular weight is 272 g/mol. The smallest absolute Gasteiger partial charge is 0.154 e. The van der Waals surface area contributed by atoms with Crippen molar-refractivity contribution < 1.29 is 14.9 Å².